The molecule has 9 heteroatoms. The van der Waals surface area contributed by atoms with Gasteiger partial charge in [0, 0.05) is 25.2 Å². The van der Waals surface area contributed by atoms with Crippen LogP contribution in [0.15, 0.2) is 30.3 Å². The number of esters is 1. The van der Waals surface area contributed by atoms with Crippen molar-refractivity contribution in [1.29, 1.82) is 0 Å². The summed E-state index contributed by atoms with van der Waals surface area (Å²) in [5.41, 5.74) is -0.742. The zero-order valence-corrected chi connectivity index (χ0v) is 18.3. The van der Waals surface area contributed by atoms with Gasteiger partial charge in [0.25, 0.3) is 5.91 Å². The van der Waals surface area contributed by atoms with Crippen molar-refractivity contribution in [2.75, 3.05) is 33.9 Å². The number of hydrogen-bond donors (Lipinski definition) is 0. The number of pyridine rings is 1. The number of halogens is 2. The summed E-state index contributed by atoms with van der Waals surface area (Å²) in [5, 5.41) is 0. The van der Waals surface area contributed by atoms with E-state index >= 15 is 0 Å². The molecule has 3 rings (SSSR count). The number of piperidine rings is 1. The molecular weight excluding hydrogens is 422 g/mol. The summed E-state index contributed by atoms with van der Waals surface area (Å²) in [6.07, 6.45) is 0.906. The fourth-order valence-corrected chi connectivity index (χ4v) is 4.03. The van der Waals surface area contributed by atoms with Gasteiger partial charge in [-0.1, -0.05) is 6.07 Å². The monoisotopic (exact) mass is 448 g/mol. The number of likely N-dealkylation sites (tertiary alicyclic amines) is 1. The average molecular weight is 448 g/mol. The highest BCUT2D eigenvalue weighted by Crippen LogP contribution is 2.37. The Morgan fingerprint density at radius 1 is 1.16 bits per heavy atom. The first-order valence-electron chi connectivity index (χ1n) is 10.3. The molecule has 1 fully saturated rings. The fourth-order valence-electron chi connectivity index (χ4n) is 4.03. The summed E-state index contributed by atoms with van der Waals surface area (Å²) in [7, 11) is 2.85. The van der Waals surface area contributed by atoms with Gasteiger partial charge in [-0.05, 0) is 43.9 Å². The number of rotatable bonds is 7. The summed E-state index contributed by atoms with van der Waals surface area (Å²) in [6, 6.07) is 6.35. The lowest BCUT2D eigenvalue weighted by Crippen LogP contribution is -2.51. The van der Waals surface area contributed by atoms with E-state index in [0.717, 1.165) is 12.1 Å². The van der Waals surface area contributed by atoms with Crippen LogP contribution in [-0.4, -0.2) is 55.7 Å². The molecule has 172 valence electrons. The number of ether oxygens (including phenoxy) is 3. The standard InChI is InChI=1S/C23H26F2N2O5/c1-4-32-22(29)23(13-15-6-7-16(24)12-18(15)25)10-5-11-27(14-23)21(28)17-8-9-19(30-2)26-20(17)31-3/h6-9,12H,4-5,10-11,13-14H2,1-3H3. The van der Waals surface area contributed by atoms with Crippen LogP contribution in [0.3, 0.4) is 0 Å². The molecule has 0 saturated carbocycles. The number of amides is 1. The van der Waals surface area contributed by atoms with Crippen LogP contribution in [0.25, 0.3) is 0 Å². The van der Waals surface area contributed by atoms with Gasteiger partial charge >= 0.3 is 5.97 Å². The third-order valence-corrected chi connectivity index (χ3v) is 5.58. The van der Waals surface area contributed by atoms with Crippen molar-refractivity contribution in [3.63, 3.8) is 0 Å². The molecular formula is C23H26F2N2O5. The van der Waals surface area contributed by atoms with Gasteiger partial charge in [-0.15, -0.1) is 0 Å². The van der Waals surface area contributed by atoms with E-state index in [-0.39, 0.29) is 42.5 Å². The topological polar surface area (TPSA) is 78.0 Å². The van der Waals surface area contributed by atoms with Gasteiger partial charge in [0.1, 0.15) is 17.2 Å². The molecule has 0 bridgehead atoms. The smallest absolute Gasteiger partial charge is 0.314 e. The van der Waals surface area contributed by atoms with Crippen molar-refractivity contribution < 1.29 is 32.6 Å². The van der Waals surface area contributed by atoms with Crippen molar-refractivity contribution in [2.45, 2.75) is 26.2 Å². The normalized spacial score (nSPS) is 18.2. The second kappa shape index (κ2) is 9.93. The molecule has 1 saturated heterocycles. The van der Waals surface area contributed by atoms with Gasteiger partial charge in [-0.2, -0.15) is 4.98 Å². The summed E-state index contributed by atoms with van der Waals surface area (Å²) in [4.78, 5) is 32.0. The molecule has 0 aliphatic carbocycles. The second-order valence-corrected chi connectivity index (χ2v) is 7.65. The summed E-state index contributed by atoms with van der Waals surface area (Å²) in [5.74, 6) is -1.92. The Bertz CT molecular complexity index is 1000. The Morgan fingerprint density at radius 3 is 2.59 bits per heavy atom. The summed E-state index contributed by atoms with van der Waals surface area (Å²) >= 11 is 0. The predicted molar refractivity (Wildman–Crippen MR) is 112 cm³/mol. The van der Waals surface area contributed by atoms with Gasteiger partial charge in [-0.3, -0.25) is 9.59 Å². The predicted octanol–water partition coefficient (Wildman–Crippen LogP) is 3.41. The van der Waals surface area contributed by atoms with E-state index in [1.165, 1.54) is 25.2 Å². The molecule has 32 heavy (non-hydrogen) atoms. The summed E-state index contributed by atoms with van der Waals surface area (Å²) < 4.78 is 43.4. The number of carbonyl (C=O) groups is 2. The van der Waals surface area contributed by atoms with Crippen LogP contribution >= 0.6 is 0 Å². The number of benzene rings is 1. The van der Waals surface area contributed by atoms with E-state index in [1.54, 1.807) is 19.1 Å². The third-order valence-electron chi connectivity index (χ3n) is 5.58. The highest BCUT2D eigenvalue weighted by Gasteiger charge is 2.45. The van der Waals surface area contributed by atoms with Gasteiger partial charge < -0.3 is 19.1 Å². The molecule has 0 radical (unpaired) electrons. The molecule has 2 aromatic rings. The Morgan fingerprint density at radius 2 is 1.94 bits per heavy atom. The first-order chi connectivity index (χ1) is 15.3. The van der Waals surface area contributed by atoms with Crippen molar-refractivity contribution in [3.8, 4) is 11.8 Å². The molecule has 1 aliphatic heterocycles. The number of methoxy groups -OCH3 is 2. The highest BCUT2D eigenvalue weighted by atomic mass is 19.1. The quantitative estimate of drug-likeness (QED) is 0.604. The molecule has 1 aromatic heterocycles. The van der Waals surface area contributed by atoms with Crippen molar-refractivity contribution in [3.05, 3.63) is 53.1 Å². The first-order valence-corrected chi connectivity index (χ1v) is 10.3. The van der Waals surface area contributed by atoms with Crippen LogP contribution in [0.1, 0.15) is 35.7 Å². The summed E-state index contributed by atoms with van der Waals surface area (Å²) in [6.45, 7) is 2.26. The zero-order valence-electron chi connectivity index (χ0n) is 18.3. The first kappa shape index (κ1) is 23.4. The molecule has 7 nitrogen and oxygen atoms in total. The molecule has 2 heterocycles. The second-order valence-electron chi connectivity index (χ2n) is 7.65. The van der Waals surface area contributed by atoms with Crippen molar-refractivity contribution >= 4 is 11.9 Å². The minimum atomic E-state index is -1.16. The van der Waals surface area contributed by atoms with Crippen molar-refractivity contribution in [2.24, 2.45) is 5.41 Å². The Hall–Kier alpha value is -3.23. The van der Waals surface area contributed by atoms with Crippen LogP contribution in [0.5, 0.6) is 11.8 Å². The Kier molecular flexibility index (Phi) is 7.27. The Labute approximate surface area is 185 Å². The van der Waals surface area contributed by atoms with Crippen LogP contribution in [0, 0.1) is 17.0 Å². The maximum atomic E-state index is 14.4. The number of carbonyl (C=O) groups excluding carboxylic acids is 2. The molecule has 1 unspecified atom stereocenters. The Balaban J connectivity index is 1.93. The number of hydrogen-bond acceptors (Lipinski definition) is 6. The number of aromatic nitrogens is 1. The van der Waals surface area contributed by atoms with Gasteiger partial charge in [-0.25, -0.2) is 8.78 Å². The molecule has 1 atom stereocenters. The molecule has 1 amide bonds. The van der Waals surface area contributed by atoms with E-state index in [1.807, 2.05) is 0 Å². The van der Waals surface area contributed by atoms with Gasteiger partial charge in [0.15, 0.2) is 0 Å². The van der Waals surface area contributed by atoms with E-state index in [9.17, 15) is 18.4 Å². The lowest BCUT2D eigenvalue weighted by Gasteiger charge is -2.41. The average Bonchev–Trinajstić information content (AvgIpc) is 2.80. The molecule has 0 N–H and O–H groups in total. The van der Waals surface area contributed by atoms with E-state index in [0.29, 0.717) is 25.3 Å². The number of nitrogens with zero attached hydrogens (tertiary/aromatic N) is 2. The van der Waals surface area contributed by atoms with Gasteiger partial charge in [0.05, 0.1) is 26.2 Å². The maximum absolute atomic E-state index is 14.4. The van der Waals surface area contributed by atoms with Crippen LogP contribution < -0.4 is 9.47 Å². The zero-order chi connectivity index (χ0) is 23.3. The van der Waals surface area contributed by atoms with E-state index < -0.39 is 23.0 Å². The largest absolute Gasteiger partial charge is 0.481 e. The van der Waals surface area contributed by atoms with Crippen molar-refractivity contribution in [1.82, 2.24) is 9.88 Å². The lowest BCUT2D eigenvalue weighted by molar-refractivity contribution is -0.158. The molecule has 1 aliphatic rings. The molecule has 1 aromatic carbocycles. The lowest BCUT2D eigenvalue weighted by atomic mass is 9.74. The third kappa shape index (κ3) is 4.81. The SMILES string of the molecule is CCOC(=O)C1(Cc2ccc(F)cc2F)CCCN(C(=O)c2ccc(OC)nc2OC)C1. The van der Waals surface area contributed by atoms with Gasteiger partial charge in [0.2, 0.25) is 11.8 Å². The minimum absolute atomic E-state index is 0.0142. The van der Waals surface area contributed by atoms with Crippen LogP contribution in [0.4, 0.5) is 8.78 Å². The van der Waals surface area contributed by atoms with Crippen LogP contribution in [-0.2, 0) is 16.0 Å². The van der Waals surface area contributed by atoms with E-state index in [4.69, 9.17) is 14.2 Å². The fraction of sp³-hybridized carbons (Fsp3) is 0.435. The maximum Gasteiger partial charge on any atom is 0.314 e. The molecule has 0 spiro atoms. The van der Waals surface area contributed by atoms with E-state index in [2.05, 4.69) is 4.98 Å². The highest BCUT2D eigenvalue weighted by molar-refractivity contribution is 5.97. The minimum Gasteiger partial charge on any atom is -0.481 e. The van der Waals surface area contributed by atoms with Crippen LogP contribution in [0.2, 0.25) is 0 Å².